The second-order valence-corrected chi connectivity index (χ2v) is 9.91. The van der Waals surface area contributed by atoms with Crippen LogP contribution in [0.2, 0.25) is 0 Å². The van der Waals surface area contributed by atoms with Crippen LogP contribution < -0.4 is 10.2 Å². The van der Waals surface area contributed by atoms with Crippen molar-refractivity contribution in [2.24, 2.45) is 10.9 Å². The Balaban J connectivity index is 2.06. The fraction of sp³-hybridized carbons (Fsp3) is 0.417. The molecule has 1 aromatic heterocycles. The number of amides is 2. The average Bonchev–Trinajstić information content (AvgIpc) is 3.12. The Hall–Kier alpha value is -3.00. The molecule has 2 amide bonds. The number of para-hydroxylation sites is 1. The van der Waals surface area contributed by atoms with Crippen LogP contribution >= 0.6 is 11.3 Å². The topological polar surface area (TPSA) is 88.1 Å². The van der Waals surface area contributed by atoms with E-state index in [0.717, 1.165) is 16.8 Å². The lowest BCUT2D eigenvalue weighted by atomic mass is 9.98. The molecule has 0 aliphatic carbocycles. The molecule has 0 spiro atoms. The SMILES string of the molecule is CC(=O)c1sccc1CN1C(=O)[C@@H](NC(=O)OC(C)(C)C)N=C(C(C)C)c2ccccc21. The summed E-state index contributed by atoms with van der Waals surface area (Å²) >= 11 is 1.35. The zero-order chi connectivity index (χ0) is 23.6. The molecule has 0 saturated carbocycles. The predicted octanol–water partition coefficient (Wildman–Crippen LogP) is 4.79. The van der Waals surface area contributed by atoms with Gasteiger partial charge in [-0.15, -0.1) is 11.3 Å². The van der Waals surface area contributed by atoms with Crippen LogP contribution in [0.25, 0.3) is 0 Å². The number of anilines is 1. The standard InChI is InChI=1S/C24H29N3O4S/c1-14(2)19-17-9-7-8-10-18(17)27(13-16-11-12-32-20(16)15(3)28)22(29)21(25-19)26-23(30)31-24(4,5)6/h7-12,14,21H,13H2,1-6H3,(H,26,30)/t21-/m1/s1. The monoisotopic (exact) mass is 455 g/mol. The van der Waals surface area contributed by atoms with Gasteiger partial charge in [0.2, 0.25) is 6.17 Å². The summed E-state index contributed by atoms with van der Waals surface area (Å²) in [5.74, 6) is -0.423. The van der Waals surface area contributed by atoms with Gasteiger partial charge in [-0.1, -0.05) is 32.0 Å². The minimum absolute atomic E-state index is 0.0146. The molecule has 0 fully saturated rings. The zero-order valence-electron chi connectivity index (χ0n) is 19.3. The van der Waals surface area contributed by atoms with E-state index in [-0.39, 0.29) is 24.2 Å². The molecule has 3 rings (SSSR count). The molecule has 8 heteroatoms. The number of ether oxygens (including phenoxy) is 1. The molecule has 32 heavy (non-hydrogen) atoms. The first-order chi connectivity index (χ1) is 15.0. The largest absolute Gasteiger partial charge is 0.444 e. The maximum absolute atomic E-state index is 13.7. The number of fused-ring (bicyclic) bond motifs is 1. The minimum atomic E-state index is -1.14. The van der Waals surface area contributed by atoms with Gasteiger partial charge in [0.15, 0.2) is 5.78 Å². The molecule has 0 radical (unpaired) electrons. The van der Waals surface area contributed by atoms with Gasteiger partial charge in [-0.3, -0.25) is 19.9 Å². The van der Waals surface area contributed by atoms with E-state index in [1.165, 1.54) is 18.3 Å². The second kappa shape index (κ2) is 9.24. The lowest BCUT2D eigenvalue weighted by molar-refractivity contribution is -0.120. The Kier molecular flexibility index (Phi) is 6.83. The Morgan fingerprint density at radius 3 is 2.53 bits per heavy atom. The van der Waals surface area contributed by atoms with Crippen LogP contribution in [0.4, 0.5) is 10.5 Å². The first kappa shape index (κ1) is 23.7. The summed E-state index contributed by atoms with van der Waals surface area (Å²) in [5.41, 5.74) is 2.28. The zero-order valence-corrected chi connectivity index (χ0v) is 20.1. The molecule has 0 saturated heterocycles. The van der Waals surface area contributed by atoms with Gasteiger partial charge in [0.25, 0.3) is 5.91 Å². The van der Waals surface area contributed by atoms with Crippen molar-refractivity contribution in [3.8, 4) is 0 Å². The Morgan fingerprint density at radius 2 is 1.91 bits per heavy atom. The second-order valence-electron chi connectivity index (χ2n) is 8.99. The van der Waals surface area contributed by atoms with E-state index < -0.39 is 17.9 Å². The third-order valence-corrected chi connectivity index (χ3v) is 5.89. The fourth-order valence-electron chi connectivity index (χ4n) is 3.53. The molecule has 1 N–H and O–H groups in total. The first-order valence-electron chi connectivity index (χ1n) is 10.5. The molecule has 170 valence electrons. The molecule has 2 aromatic rings. The van der Waals surface area contributed by atoms with Crippen LogP contribution in [-0.2, 0) is 16.1 Å². The number of nitrogens with one attached hydrogen (secondary N) is 1. The summed E-state index contributed by atoms with van der Waals surface area (Å²) < 4.78 is 5.36. The number of rotatable bonds is 5. The van der Waals surface area contributed by atoms with E-state index in [2.05, 4.69) is 10.3 Å². The van der Waals surface area contributed by atoms with Crippen molar-refractivity contribution < 1.29 is 19.1 Å². The lowest BCUT2D eigenvalue weighted by Gasteiger charge is -2.26. The third kappa shape index (κ3) is 5.24. The summed E-state index contributed by atoms with van der Waals surface area (Å²) in [6.45, 7) is 11.0. The molecule has 0 unspecified atom stereocenters. The van der Waals surface area contributed by atoms with Crippen molar-refractivity contribution in [1.29, 1.82) is 0 Å². The number of ketones is 1. The highest BCUT2D eigenvalue weighted by atomic mass is 32.1. The van der Waals surface area contributed by atoms with Crippen molar-refractivity contribution in [1.82, 2.24) is 5.32 Å². The minimum Gasteiger partial charge on any atom is -0.444 e. The molecule has 2 heterocycles. The van der Waals surface area contributed by atoms with E-state index in [1.807, 2.05) is 49.6 Å². The Morgan fingerprint density at radius 1 is 1.22 bits per heavy atom. The van der Waals surface area contributed by atoms with Gasteiger partial charge in [-0.05, 0) is 56.7 Å². The summed E-state index contributed by atoms with van der Waals surface area (Å²) in [4.78, 5) is 45.0. The number of benzene rings is 1. The normalized spacial score (nSPS) is 16.3. The number of aliphatic imine (C=N–C) groups is 1. The molecule has 1 aliphatic rings. The van der Waals surface area contributed by atoms with Gasteiger partial charge < -0.3 is 9.64 Å². The van der Waals surface area contributed by atoms with Crippen molar-refractivity contribution >= 4 is 40.5 Å². The maximum Gasteiger partial charge on any atom is 0.409 e. The summed E-state index contributed by atoms with van der Waals surface area (Å²) in [6.07, 6.45) is -1.86. The van der Waals surface area contributed by atoms with E-state index in [4.69, 9.17) is 4.74 Å². The molecule has 0 bridgehead atoms. The van der Waals surface area contributed by atoms with E-state index >= 15 is 0 Å². The number of nitrogens with zero attached hydrogens (tertiary/aromatic N) is 2. The van der Waals surface area contributed by atoms with Gasteiger partial charge >= 0.3 is 6.09 Å². The number of carbonyl (C=O) groups excluding carboxylic acids is 3. The van der Waals surface area contributed by atoms with Gasteiger partial charge in [-0.25, -0.2) is 4.79 Å². The van der Waals surface area contributed by atoms with E-state index in [1.54, 1.807) is 25.7 Å². The van der Waals surface area contributed by atoms with Crippen LogP contribution in [-0.4, -0.2) is 35.3 Å². The molecule has 1 aliphatic heterocycles. The number of hydrogen-bond donors (Lipinski definition) is 1. The smallest absolute Gasteiger partial charge is 0.409 e. The van der Waals surface area contributed by atoms with Crippen LogP contribution in [0.15, 0.2) is 40.7 Å². The summed E-state index contributed by atoms with van der Waals surface area (Å²) in [6, 6.07) is 9.39. The van der Waals surface area contributed by atoms with Crippen molar-refractivity contribution in [3.63, 3.8) is 0 Å². The van der Waals surface area contributed by atoms with E-state index in [0.29, 0.717) is 10.6 Å². The number of alkyl carbamates (subject to hydrolysis) is 1. The quantitative estimate of drug-likeness (QED) is 0.657. The van der Waals surface area contributed by atoms with Crippen LogP contribution in [0.3, 0.4) is 0 Å². The number of benzodiazepines with no additional fused rings is 1. The number of hydrogen-bond acceptors (Lipinski definition) is 6. The summed E-state index contributed by atoms with van der Waals surface area (Å²) in [5, 5.41) is 4.47. The van der Waals surface area contributed by atoms with E-state index in [9.17, 15) is 14.4 Å². The highest BCUT2D eigenvalue weighted by Crippen LogP contribution is 2.31. The van der Waals surface area contributed by atoms with Crippen LogP contribution in [0.1, 0.15) is 62.3 Å². The molecule has 1 atom stereocenters. The van der Waals surface area contributed by atoms with Gasteiger partial charge in [-0.2, -0.15) is 0 Å². The lowest BCUT2D eigenvalue weighted by Crippen LogP contribution is -2.48. The number of thiophene rings is 1. The van der Waals surface area contributed by atoms with Crippen molar-refractivity contribution in [2.45, 2.75) is 59.9 Å². The fourth-order valence-corrected chi connectivity index (χ4v) is 4.35. The molecular formula is C24H29N3O4S. The summed E-state index contributed by atoms with van der Waals surface area (Å²) in [7, 11) is 0. The number of carbonyl (C=O) groups is 3. The van der Waals surface area contributed by atoms with Gasteiger partial charge in [0.05, 0.1) is 17.1 Å². The molecule has 7 nitrogen and oxygen atoms in total. The number of Topliss-reactive ketones (excluding diaryl/α,β-unsaturated/α-hetero) is 1. The van der Waals surface area contributed by atoms with Gasteiger partial charge in [0, 0.05) is 11.3 Å². The van der Waals surface area contributed by atoms with Gasteiger partial charge in [0.1, 0.15) is 5.60 Å². The molecular weight excluding hydrogens is 426 g/mol. The van der Waals surface area contributed by atoms with Crippen molar-refractivity contribution in [3.05, 3.63) is 51.7 Å². The average molecular weight is 456 g/mol. The maximum atomic E-state index is 13.7. The Labute approximate surface area is 192 Å². The highest BCUT2D eigenvalue weighted by molar-refractivity contribution is 7.12. The third-order valence-electron chi connectivity index (χ3n) is 4.83. The van der Waals surface area contributed by atoms with Crippen LogP contribution in [0, 0.1) is 5.92 Å². The first-order valence-corrected chi connectivity index (χ1v) is 11.4. The molecule has 1 aromatic carbocycles. The van der Waals surface area contributed by atoms with Crippen LogP contribution in [0.5, 0.6) is 0 Å². The Bertz CT molecular complexity index is 1070. The van der Waals surface area contributed by atoms with Crippen molar-refractivity contribution in [2.75, 3.05) is 4.90 Å². The highest BCUT2D eigenvalue weighted by Gasteiger charge is 2.34. The predicted molar refractivity (Wildman–Crippen MR) is 126 cm³/mol.